The fourth-order valence-corrected chi connectivity index (χ4v) is 2.11. The number of anilines is 3. The van der Waals surface area contributed by atoms with Crippen LogP contribution in [0.15, 0.2) is 36.4 Å². The van der Waals surface area contributed by atoms with Crippen LogP contribution < -0.4 is 11.1 Å². The number of rotatable bonds is 2. The number of aryl methyl sites for hydroxylation is 1. The molecule has 96 valence electrons. The Bertz CT molecular complexity index is 748. The Balaban J connectivity index is 1.98. The summed E-state index contributed by atoms with van der Waals surface area (Å²) in [6.45, 7) is 2.01. The Morgan fingerprint density at radius 3 is 2.89 bits per heavy atom. The van der Waals surface area contributed by atoms with Crippen LogP contribution in [-0.2, 0) is 0 Å². The summed E-state index contributed by atoms with van der Waals surface area (Å²) >= 11 is 6.15. The lowest BCUT2D eigenvalue weighted by Crippen LogP contribution is -1.93. The first-order valence-electron chi connectivity index (χ1n) is 5.90. The Morgan fingerprint density at radius 2 is 2.05 bits per heavy atom. The van der Waals surface area contributed by atoms with E-state index in [2.05, 4.69) is 15.3 Å². The molecule has 0 saturated heterocycles. The molecule has 3 rings (SSSR count). The van der Waals surface area contributed by atoms with Crippen molar-refractivity contribution in [3.05, 3.63) is 47.0 Å². The van der Waals surface area contributed by atoms with Gasteiger partial charge in [-0.1, -0.05) is 17.7 Å². The van der Waals surface area contributed by atoms with E-state index in [1.165, 1.54) is 0 Å². The van der Waals surface area contributed by atoms with Gasteiger partial charge in [0, 0.05) is 5.69 Å². The van der Waals surface area contributed by atoms with Crippen LogP contribution in [0.4, 0.5) is 17.3 Å². The molecule has 0 radical (unpaired) electrons. The van der Waals surface area contributed by atoms with Crippen molar-refractivity contribution in [2.45, 2.75) is 6.92 Å². The Morgan fingerprint density at radius 1 is 1.21 bits per heavy atom. The molecule has 0 amide bonds. The Hall–Kier alpha value is -2.20. The quantitative estimate of drug-likeness (QED) is 0.621. The fraction of sp³-hybridized carbons (Fsp3) is 0.0714. The third-order valence-corrected chi connectivity index (χ3v) is 3.21. The molecule has 0 aliphatic rings. The van der Waals surface area contributed by atoms with Crippen molar-refractivity contribution in [2.24, 2.45) is 0 Å². The van der Waals surface area contributed by atoms with E-state index >= 15 is 0 Å². The minimum atomic E-state index is 0.646. The monoisotopic (exact) mass is 272 g/mol. The molecule has 3 aromatic rings. The van der Waals surface area contributed by atoms with Gasteiger partial charge in [-0.25, -0.2) is 4.98 Å². The molecular weight excluding hydrogens is 260 g/mol. The molecular formula is C14H13ClN4. The lowest BCUT2D eigenvalue weighted by Gasteiger charge is -2.06. The topological polar surface area (TPSA) is 66.7 Å². The van der Waals surface area contributed by atoms with Gasteiger partial charge in [0.2, 0.25) is 5.95 Å². The third kappa shape index (κ3) is 2.35. The molecule has 1 aromatic heterocycles. The van der Waals surface area contributed by atoms with Crippen LogP contribution in [0.25, 0.3) is 11.0 Å². The second-order valence-corrected chi connectivity index (χ2v) is 4.88. The Kier molecular flexibility index (Phi) is 2.80. The van der Waals surface area contributed by atoms with Crippen LogP contribution in [-0.4, -0.2) is 9.97 Å². The number of nitrogens with two attached hydrogens (primary N) is 1. The number of hydrogen-bond acceptors (Lipinski definition) is 3. The van der Waals surface area contributed by atoms with E-state index in [-0.39, 0.29) is 0 Å². The van der Waals surface area contributed by atoms with Gasteiger partial charge in [0.15, 0.2) is 0 Å². The van der Waals surface area contributed by atoms with Crippen molar-refractivity contribution in [3.63, 3.8) is 0 Å². The Labute approximate surface area is 115 Å². The average Bonchev–Trinajstić information content (AvgIpc) is 2.75. The number of halogens is 1. The summed E-state index contributed by atoms with van der Waals surface area (Å²) in [5.41, 5.74) is 10.2. The van der Waals surface area contributed by atoms with Crippen LogP contribution in [0.1, 0.15) is 5.56 Å². The van der Waals surface area contributed by atoms with E-state index in [9.17, 15) is 0 Å². The molecule has 19 heavy (non-hydrogen) atoms. The molecule has 4 nitrogen and oxygen atoms in total. The maximum Gasteiger partial charge on any atom is 0.205 e. The van der Waals surface area contributed by atoms with Gasteiger partial charge < -0.3 is 16.0 Å². The molecule has 0 aliphatic heterocycles. The number of nitrogens with zero attached hydrogens (tertiary/aromatic N) is 1. The molecule has 0 fully saturated rings. The van der Waals surface area contributed by atoms with Gasteiger partial charge in [0.1, 0.15) is 0 Å². The highest BCUT2D eigenvalue weighted by Gasteiger charge is 2.06. The highest BCUT2D eigenvalue weighted by atomic mass is 35.5. The first-order chi connectivity index (χ1) is 9.11. The maximum atomic E-state index is 6.15. The zero-order valence-electron chi connectivity index (χ0n) is 10.4. The van der Waals surface area contributed by atoms with Crippen LogP contribution in [0.2, 0.25) is 5.02 Å². The highest BCUT2D eigenvalue weighted by Crippen LogP contribution is 2.26. The van der Waals surface area contributed by atoms with Crippen LogP contribution in [0, 0.1) is 6.92 Å². The van der Waals surface area contributed by atoms with Crippen molar-refractivity contribution in [2.75, 3.05) is 11.1 Å². The number of nitrogens with one attached hydrogen (secondary N) is 2. The molecule has 1 heterocycles. The summed E-state index contributed by atoms with van der Waals surface area (Å²) < 4.78 is 0. The van der Waals surface area contributed by atoms with Crippen LogP contribution in [0.3, 0.4) is 0 Å². The zero-order valence-corrected chi connectivity index (χ0v) is 11.1. The van der Waals surface area contributed by atoms with Crippen molar-refractivity contribution < 1.29 is 0 Å². The molecule has 0 atom stereocenters. The minimum absolute atomic E-state index is 0.646. The average molecular weight is 273 g/mol. The number of hydrogen-bond donors (Lipinski definition) is 3. The SMILES string of the molecule is Cc1ccc(Cl)c(Nc2nc3ccc(N)cc3[nH]2)c1. The van der Waals surface area contributed by atoms with Gasteiger partial charge in [-0.3, -0.25) is 0 Å². The van der Waals surface area contributed by atoms with Gasteiger partial charge in [-0.05, 0) is 42.8 Å². The summed E-state index contributed by atoms with van der Waals surface area (Å²) in [7, 11) is 0. The lowest BCUT2D eigenvalue weighted by molar-refractivity contribution is 1.30. The molecule has 5 heteroatoms. The summed E-state index contributed by atoms with van der Waals surface area (Å²) in [5, 5.41) is 3.84. The molecule has 0 spiro atoms. The molecule has 0 aliphatic carbocycles. The van der Waals surface area contributed by atoms with Gasteiger partial charge in [-0.15, -0.1) is 0 Å². The van der Waals surface area contributed by atoms with Gasteiger partial charge >= 0.3 is 0 Å². The van der Waals surface area contributed by atoms with Crippen LogP contribution >= 0.6 is 11.6 Å². The predicted octanol–water partition coefficient (Wildman–Crippen LogP) is 3.85. The lowest BCUT2D eigenvalue weighted by atomic mass is 10.2. The van der Waals surface area contributed by atoms with Crippen molar-refractivity contribution in [1.29, 1.82) is 0 Å². The maximum absolute atomic E-state index is 6.15. The third-order valence-electron chi connectivity index (χ3n) is 2.88. The van der Waals surface area contributed by atoms with E-state index in [0.29, 0.717) is 16.7 Å². The molecule has 4 N–H and O–H groups in total. The first-order valence-corrected chi connectivity index (χ1v) is 6.28. The number of fused-ring (bicyclic) bond motifs is 1. The molecule has 0 bridgehead atoms. The number of benzene rings is 2. The summed E-state index contributed by atoms with van der Waals surface area (Å²) in [5.74, 6) is 0.646. The number of H-pyrrole nitrogens is 1. The van der Waals surface area contributed by atoms with Crippen molar-refractivity contribution in [3.8, 4) is 0 Å². The normalized spacial score (nSPS) is 10.8. The number of aromatic nitrogens is 2. The predicted molar refractivity (Wildman–Crippen MR) is 80.0 cm³/mol. The van der Waals surface area contributed by atoms with E-state index in [1.807, 2.05) is 43.3 Å². The summed E-state index contributed by atoms with van der Waals surface area (Å²) in [6.07, 6.45) is 0. The van der Waals surface area contributed by atoms with Crippen molar-refractivity contribution in [1.82, 2.24) is 9.97 Å². The molecule has 0 unspecified atom stereocenters. The largest absolute Gasteiger partial charge is 0.399 e. The fourth-order valence-electron chi connectivity index (χ4n) is 1.95. The smallest absolute Gasteiger partial charge is 0.205 e. The van der Waals surface area contributed by atoms with Gasteiger partial charge in [0.05, 0.1) is 21.7 Å². The van der Waals surface area contributed by atoms with Gasteiger partial charge in [-0.2, -0.15) is 0 Å². The minimum Gasteiger partial charge on any atom is -0.399 e. The van der Waals surface area contributed by atoms with Crippen molar-refractivity contribution >= 4 is 40.0 Å². The number of aromatic amines is 1. The highest BCUT2D eigenvalue weighted by molar-refractivity contribution is 6.33. The standard InChI is InChI=1S/C14H13ClN4/c1-8-2-4-10(15)12(6-8)18-14-17-11-5-3-9(16)7-13(11)19-14/h2-7H,16H2,1H3,(H2,17,18,19). The number of nitrogen functional groups attached to an aromatic ring is 1. The summed E-state index contributed by atoms with van der Waals surface area (Å²) in [6, 6.07) is 11.4. The van der Waals surface area contributed by atoms with Gasteiger partial charge in [0.25, 0.3) is 0 Å². The van der Waals surface area contributed by atoms with E-state index in [0.717, 1.165) is 22.3 Å². The molecule has 2 aromatic carbocycles. The first kappa shape index (κ1) is 11.9. The van der Waals surface area contributed by atoms with Crippen LogP contribution in [0.5, 0.6) is 0 Å². The van der Waals surface area contributed by atoms with E-state index in [4.69, 9.17) is 17.3 Å². The van der Waals surface area contributed by atoms with E-state index in [1.54, 1.807) is 0 Å². The molecule has 0 saturated carbocycles. The second-order valence-electron chi connectivity index (χ2n) is 4.47. The number of imidazole rings is 1. The second kappa shape index (κ2) is 4.48. The zero-order chi connectivity index (χ0) is 13.4. The summed E-state index contributed by atoms with van der Waals surface area (Å²) in [4.78, 5) is 7.61. The van der Waals surface area contributed by atoms with E-state index < -0.39 is 0 Å².